The minimum absolute atomic E-state index is 0.0501. The zero-order valence-electron chi connectivity index (χ0n) is 28.0. The van der Waals surface area contributed by atoms with E-state index in [4.69, 9.17) is 21.3 Å². The third kappa shape index (κ3) is 6.60. The summed E-state index contributed by atoms with van der Waals surface area (Å²) >= 11 is 0. The van der Waals surface area contributed by atoms with Gasteiger partial charge in [0.2, 0.25) is 12.5 Å². The van der Waals surface area contributed by atoms with E-state index in [1.165, 1.54) is 28.4 Å². The molecule has 48 heavy (non-hydrogen) atoms. The number of piperazine rings is 1. The number of likely N-dealkylation sites (N-methyl/N-ethyl adjacent to an activating group) is 1. The number of hydrogen-bond acceptors (Lipinski definition) is 7. The van der Waals surface area contributed by atoms with Gasteiger partial charge in [-0.15, -0.1) is 0 Å². The Bertz CT molecular complexity index is 1830. The van der Waals surface area contributed by atoms with E-state index in [0.29, 0.717) is 51.4 Å². The molecule has 2 saturated heterocycles. The molecule has 0 aliphatic carbocycles. The standard InChI is InChI=1S/C38H44N8O2/c1-28-10-6-11-29-12-7-14-34(36(28)29)44-21-16-32-33(26-44)40-38(48-27-30-13-8-17-42(30)3)41-37(32)45-22-23-46(31(25-45)24-39-2)35(47)15-9-20-43-18-4-5-19-43/h4-7,9-12,14-15,18-19,30-31H,8,13,16-17,20-27H2,1,3H3/b15-9+/t30-,31-/m0/s1. The van der Waals surface area contributed by atoms with Gasteiger partial charge < -0.3 is 33.7 Å². The number of aromatic nitrogens is 3. The van der Waals surface area contributed by atoms with Crippen LogP contribution in [0.25, 0.3) is 15.6 Å². The fourth-order valence-electron chi connectivity index (χ4n) is 7.51. The largest absolute Gasteiger partial charge is 0.462 e. The molecule has 0 unspecified atom stereocenters. The number of rotatable bonds is 9. The molecule has 0 spiro atoms. The molecule has 2 aromatic heterocycles. The van der Waals surface area contributed by atoms with Crippen molar-refractivity contribution in [3.63, 3.8) is 0 Å². The predicted molar refractivity (Wildman–Crippen MR) is 189 cm³/mol. The van der Waals surface area contributed by atoms with Crippen molar-refractivity contribution >= 4 is 28.2 Å². The van der Waals surface area contributed by atoms with Crippen molar-refractivity contribution in [2.45, 2.75) is 51.4 Å². The van der Waals surface area contributed by atoms with Gasteiger partial charge in [0, 0.05) is 73.9 Å². The normalized spacial score (nSPS) is 20.0. The smallest absolute Gasteiger partial charge is 0.318 e. The number of aryl methyl sites for hydroxylation is 1. The van der Waals surface area contributed by atoms with Crippen molar-refractivity contribution in [2.24, 2.45) is 0 Å². The van der Waals surface area contributed by atoms with Gasteiger partial charge in [-0.1, -0.05) is 36.4 Å². The van der Waals surface area contributed by atoms with Crippen LogP contribution in [0.2, 0.25) is 0 Å². The maximum absolute atomic E-state index is 13.3. The van der Waals surface area contributed by atoms with E-state index < -0.39 is 0 Å². The van der Waals surface area contributed by atoms with E-state index in [1.807, 2.05) is 40.1 Å². The first-order valence-electron chi connectivity index (χ1n) is 17.1. The van der Waals surface area contributed by atoms with Gasteiger partial charge in [0.25, 0.3) is 0 Å². The molecule has 2 fully saturated rings. The van der Waals surface area contributed by atoms with E-state index in [1.54, 1.807) is 6.08 Å². The van der Waals surface area contributed by atoms with Crippen LogP contribution in [0.1, 0.15) is 29.7 Å². The zero-order chi connectivity index (χ0) is 33.0. The molecular formula is C38H44N8O2. The number of anilines is 2. The van der Waals surface area contributed by atoms with E-state index >= 15 is 0 Å². The maximum atomic E-state index is 13.3. The molecule has 10 heteroatoms. The van der Waals surface area contributed by atoms with Crippen molar-refractivity contribution in [3.05, 3.63) is 101 Å². The summed E-state index contributed by atoms with van der Waals surface area (Å²) in [6, 6.07) is 17.5. The molecule has 2 aromatic carbocycles. The molecular weight excluding hydrogens is 600 g/mol. The minimum atomic E-state index is -0.235. The molecule has 248 valence electrons. The molecule has 10 nitrogen and oxygen atoms in total. The van der Waals surface area contributed by atoms with Crippen molar-refractivity contribution in [1.29, 1.82) is 0 Å². The third-order valence-electron chi connectivity index (χ3n) is 10.1. The van der Waals surface area contributed by atoms with E-state index in [9.17, 15) is 4.79 Å². The number of likely N-dealkylation sites (tertiary alicyclic amines) is 1. The fourth-order valence-corrected chi connectivity index (χ4v) is 7.51. The Balaban J connectivity index is 1.16. The summed E-state index contributed by atoms with van der Waals surface area (Å²) in [6.07, 6.45) is 10.6. The molecule has 5 heterocycles. The van der Waals surface area contributed by atoms with Crippen LogP contribution in [0.4, 0.5) is 11.5 Å². The second kappa shape index (κ2) is 14.1. The quantitative estimate of drug-likeness (QED) is 0.188. The van der Waals surface area contributed by atoms with Gasteiger partial charge >= 0.3 is 6.01 Å². The van der Waals surface area contributed by atoms with Gasteiger partial charge in [0.05, 0.1) is 12.2 Å². The summed E-state index contributed by atoms with van der Waals surface area (Å²) in [6.45, 7) is 15.6. The summed E-state index contributed by atoms with van der Waals surface area (Å²) in [7, 11) is 2.15. The van der Waals surface area contributed by atoms with Crippen LogP contribution in [0.15, 0.2) is 73.1 Å². The highest BCUT2D eigenvalue weighted by atomic mass is 16.5. The summed E-state index contributed by atoms with van der Waals surface area (Å²) in [5.74, 6) is 0.833. The van der Waals surface area contributed by atoms with Crippen LogP contribution in [0.3, 0.4) is 0 Å². The van der Waals surface area contributed by atoms with E-state index in [0.717, 1.165) is 43.0 Å². The van der Waals surface area contributed by atoms with E-state index in [2.05, 4.69) is 69.9 Å². The second-order valence-electron chi connectivity index (χ2n) is 13.2. The van der Waals surface area contributed by atoms with Crippen LogP contribution in [0, 0.1) is 13.5 Å². The average molecular weight is 645 g/mol. The van der Waals surface area contributed by atoms with Crippen molar-refractivity contribution in [1.82, 2.24) is 24.3 Å². The first-order valence-corrected chi connectivity index (χ1v) is 17.1. The van der Waals surface area contributed by atoms with Crippen molar-refractivity contribution in [2.75, 3.05) is 62.7 Å². The molecule has 3 aliphatic heterocycles. The van der Waals surface area contributed by atoms with E-state index in [-0.39, 0.29) is 18.5 Å². The number of nitrogens with zero attached hydrogens (tertiary/aromatic N) is 8. The van der Waals surface area contributed by atoms with Crippen LogP contribution >= 0.6 is 0 Å². The summed E-state index contributed by atoms with van der Waals surface area (Å²) in [5.41, 5.74) is 4.61. The molecule has 4 aromatic rings. The zero-order valence-corrected chi connectivity index (χ0v) is 28.0. The van der Waals surface area contributed by atoms with Gasteiger partial charge in [0.1, 0.15) is 18.5 Å². The molecule has 3 aliphatic rings. The van der Waals surface area contributed by atoms with Gasteiger partial charge in [-0.2, -0.15) is 9.97 Å². The molecule has 2 atom stereocenters. The lowest BCUT2D eigenvalue weighted by Crippen LogP contribution is -2.56. The number of ether oxygens (including phenoxy) is 1. The number of fused-ring (bicyclic) bond motifs is 2. The van der Waals surface area contributed by atoms with Crippen molar-refractivity contribution in [3.8, 4) is 6.01 Å². The number of allylic oxidation sites excluding steroid dienone is 1. The van der Waals surface area contributed by atoms with Crippen LogP contribution < -0.4 is 14.5 Å². The van der Waals surface area contributed by atoms with Gasteiger partial charge in [0.15, 0.2) is 0 Å². The Morgan fingerprint density at radius 3 is 2.65 bits per heavy atom. The molecule has 1 amide bonds. The minimum Gasteiger partial charge on any atom is -0.462 e. The first-order chi connectivity index (χ1) is 23.5. The Morgan fingerprint density at radius 2 is 1.85 bits per heavy atom. The monoisotopic (exact) mass is 644 g/mol. The maximum Gasteiger partial charge on any atom is 0.318 e. The Kier molecular flexibility index (Phi) is 9.30. The van der Waals surface area contributed by atoms with Gasteiger partial charge in [-0.05, 0) is 68.9 Å². The molecule has 0 bridgehead atoms. The summed E-state index contributed by atoms with van der Waals surface area (Å²) in [5, 5.41) is 2.52. The summed E-state index contributed by atoms with van der Waals surface area (Å²) in [4.78, 5) is 36.0. The lowest BCUT2D eigenvalue weighted by atomic mass is 9.99. The number of amides is 1. The summed E-state index contributed by atoms with van der Waals surface area (Å²) < 4.78 is 8.38. The Morgan fingerprint density at radius 1 is 1.02 bits per heavy atom. The number of carbonyl (C=O) groups is 1. The molecule has 0 radical (unpaired) electrons. The topological polar surface area (TPSA) is 74.3 Å². The number of carbonyl (C=O) groups excluding carboxylic acids is 1. The van der Waals surface area contributed by atoms with Crippen molar-refractivity contribution < 1.29 is 9.53 Å². The van der Waals surface area contributed by atoms with Crippen LogP contribution in [-0.2, 0) is 24.3 Å². The first kappa shape index (κ1) is 31.7. The highest BCUT2D eigenvalue weighted by Crippen LogP contribution is 2.36. The molecule has 0 saturated carbocycles. The molecule has 0 N–H and O–H groups in total. The third-order valence-corrected chi connectivity index (χ3v) is 10.1. The van der Waals surface area contributed by atoms with Crippen LogP contribution in [0.5, 0.6) is 6.01 Å². The van der Waals surface area contributed by atoms with Gasteiger partial charge in [-0.25, -0.2) is 6.57 Å². The highest BCUT2D eigenvalue weighted by Gasteiger charge is 2.35. The fraction of sp³-hybridized carbons (Fsp3) is 0.421. The predicted octanol–water partition coefficient (Wildman–Crippen LogP) is 4.97. The second-order valence-corrected chi connectivity index (χ2v) is 13.2. The Labute approximate surface area is 283 Å². The van der Waals surface area contributed by atoms with Crippen LogP contribution in [-0.4, -0.2) is 95.2 Å². The molecule has 7 rings (SSSR count). The number of hydrogen-bond donors (Lipinski definition) is 0. The lowest BCUT2D eigenvalue weighted by molar-refractivity contribution is -0.128. The lowest BCUT2D eigenvalue weighted by Gasteiger charge is -2.41. The van der Waals surface area contributed by atoms with Gasteiger partial charge in [-0.3, -0.25) is 4.79 Å². The SMILES string of the molecule is [C-]#[N+]C[C@H]1CN(c2nc(OC[C@@H]3CCCN3C)nc3c2CCN(c2cccc4cccc(C)c24)C3)CCN1C(=O)/C=C/Cn1cccc1. The number of benzene rings is 2. The highest BCUT2D eigenvalue weighted by molar-refractivity contribution is 5.97. The Hall–Kier alpha value is -4.88. The average Bonchev–Trinajstić information content (AvgIpc) is 3.78.